The summed E-state index contributed by atoms with van der Waals surface area (Å²) in [6.07, 6.45) is 5.43. The molecule has 0 aromatic heterocycles. The highest BCUT2D eigenvalue weighted by Crippen LogP contribution is 2.38. The maximum absolute atomic E-state index is 12.2. The molecular weight excluding hydrogens is 388 g/mol. The van der Waals surface area contributed by atoms with Crippen molar-refractivity contribution in [1.29, 1.82) is 0 Å². The van der Waals surface area contributed by atoms with Crippen molar-refractivity contribution in [3.05, 3.63) is 75.9 Å². The molecule has 4 heteroatoms. The Labute approximate surface area is 184 Å². The molecule has 0 fully saturated rings. The van der Waals surface area contributed by atoms with Crippen LogP contribution in [0, 0.1) is 11.8 Å². The van der Waals surface area contributed by atoms with Crippen molar-refractivity contribution in [2.75, 3.05) is 13.2 Å². The zero-order valence-electron chi connectivity index (χ0n) is 18.6. The number of rotatable bonds is 5. The van der Waals surface area contributed by atoms with Gasteiger partial charge in [0.15, 0.2) is 0 Å². The third-order valence-electron chi connectivity index (χ3n) is 5.24. The summed E-state index contributed by atoms with van der Waals surface area (Å²) in [7, 11) is 0. The summed E-state index contributed by atoms with van der Waals surface area (Å²) in [5.74, 6) is 5.79. The number of fused-ring (bicyclic) bond motifs is 1. The molecule has 2 aromatic rings. The largest absolute Gasteiger partial charge is 0.466 e. The summed E-state index contributed by atoms with van der Waals surface area (Å²) >= 11 is 0. The van der Waals surface area contributed by atoms with Crippen LogP contribution in [0.4, 0.5) is 0 Å². The standard InChI is InChI=1S/C27H28O4/c1-5-30-24(28)18-23-17-20(16-22-8-7-15-27(3,4)25(22)23)10-9-19-11-13-21(14-12-19)26(29)31-6-2/h7-8,11-14,16-17H,5-6,15,18H2,1-4H3. The van der Waals surface area contributed by atoms with Crippen molar-refractivity contribution in [2.24, 2.45) is 0 Å². The second kappa shape index (κ2) is 9.66. The van der Waals surface area contributed by atoms with Gasteiger partial charge < -0.3 is 9.47 Å². The Hall–Kier alpha value is -3.32. The van der Waals surface area contributed by atoms with Crippen LogP contribution in [-0.4, -0.2) is 25.2 Å². The van der Waals surface area contributed by atoms with Crippen LogP contribution < -0.4 is 0 Å². The minimum Gasteiger partial charge on any atom is -0.466 e. The van der Waals surface area contributed by atoms with Crippen LogP contribution in [0.2, 0.25) is 0 Å². The van der Waals surface area contributed by atoms with E-state index in [0.29, 0.717) is 18.8 Å². The number of carbonyl (C=O) groups excluding carboxylic acids is 2. The average molecular weight is 417 g/mol. The Morgan fingerprint density at radius 2 is 1.65 bits per heavy atom. The van der Waals surface area contributed by atoms with Gasteiger partial charge in [-0.05, 0) is 78.8 Å². The molecule has 0 atom stereocenters. The van der Waals surface area contributed by atoms with E-state index in [1.165, 1.54) is 5.56 Å². The molecule has 2 aromatic carbocycles. The van der Waals surface area contributed by atoms with E-state index >= 15 is 0 Å². The van der Waals surface area contributed by atoms with E-state index in [-0.39, 0.29) is 23.8 Å². The number of benzene rings is 2. The number of hydrogen-bond donors (Lipinski definition) is 0. The third-order valence-corrected chi connectivity index (χ3v) is 5.24. The average Bonchev–Trinajstić information content (AvgIpc) is 2.72. The second-order valence-corrected chi connectivity index (χ2v) is 8.12. The highest BCUT2D eigenvalue weighted by Gasteiger charge is 2.28. The van der Waals surface area contributed by atoms with Crippen molar-refractivity contribution in [1.82, 2.24) is 0 Å². The summed E-state index contributed by atoms with van der Waals surface area (Å²) in [5, 5.41) is 0. The molecule has 4 nitrogen and oxygen atoms in total. The van der Waals surface area contributed by atoms with Crippen molar-refractivity contribution < 1.29 is 19.1 Å². The van der Waals surface area contributed by atoms with Crippen LogP contribution >= 0.6 is 0 Å². The number of carbonyl (C=O) groups is 2. The molecule has 1 aliphatic rings. The minimum absolute atomic E-state index is 0.0548. The van der Waals surface area contributed by atoms with E-state index in [1.54, 1.807) is 31.2 Å². The van der Waals surface area contributed by atoms with Gasteiger partial charge in [0.1, 0.15) is 0 Å². The quantitative estimate of drug-likeness (QED) is 0.505. The van der Waals surface area contributed by atoms with Crippen LogP contribution in [0.25, 0.3) is 6.08 Å². The van der Waals surface area contributed by atoms with E-state index in [4.69, 9.17) is 9.47 Å². The smallest absolute Gasteiger partial charge is 0.338 e. The molecule has 0 saturated carbocycles. The first-order valence-corrected chi connectivity index (χ1v) is 10.6. The first-order chi connectivity index (χ1) is 14.8. The molecule has 0 heterocycles. The minimum atomic E-state index is -0.338. The molecule has 0 bridgehead atoms. The van der Waals surface area contributed by atoms with E-state index in [2.05, 4.69) is 43.9 Å². The lowest BCUT2D eigenvalue weighted by atomic mass is 9.72. The summed E-state index contributed by atoms with van der Waals surface area (Å²) in [6.45, 7) is 8.70. The summed E-state index contributed by atoms with van der Waals surface area (Å²) < 4.78 is 10.2. The maximum Gasteiger partial charge on any atom is 0.338 e. The second-order valence-electron chi connectivity index (χ2n) is 8.12. The molecule has 0 unspecified atom stereocenters. The lowest BCUT2D eigenvalue weighted by molar-refractivity contribution is -0.142. The fourth-order valence-corrected chi connectivity index (χ4v) is 3.89. The highest BCUT2D eigenvalue weighted by molar-refractivity contribution is 5.89. The molecule has 0 N–H and O–H groups in total. The van der Waals surface area contributed by atoms with Gasteiger partial charge >= 0.3 is 11.9 Å². The van der Waals surface area contributed by atoms with Crippen LogP contribution in [-0.2, 0) is 26.1 Å². The van der Waals surface area contributed by atoms with Gasteiger partial charge in [0.05, 0.1) is 25.2 Å². The molecule has 0 aliphatic heterocycles. The van der Waals surface area contributed by atoms with Gasteiger partial charge in [0.25, 0.3) is 0 Å². The Kier molecular flexibility index (Phi) is 6.97. The Balaban J connectivity index is 1.94. The van der Waals surface area contributed by atoms with E-state index in [1.807, 2.05) is 13.0 Å². The predicted octanol–water partition coefficient (Wildman–Crippen LogP) is 5.06. The van der Waals surface area contributed by atoms with Crippen LogP contribution in [0.15, 0.2) is 42.5 Å². The lowest BCUT2D eigenvalue weighted by Gasteiger charge is -2.32. The topological polar surface area (TPSA) is 52.6 Å². The van der Waals surface area contributed by atoms with Gasteiger partial charge in [-0.1, -0.05) is 37.8 Å². The third kappa shape index (κ3) is 5.44. The van der Waals surface area contributed by atoms with Gasteiger partial charge in [0, 0.05) is 11.1 Å². The molecule has 0 radical (unpaired) electrons. The van der Waals surface area contributed by atoms with Crippen molar-refractivity contribution in [3.8, 4) is 11.8 Å². The van der Waals surface area contributed by atoms with Gasteiger partial charge in [-0.25, -0.2) is 4.79 Å². The fraction of sp³-hybridized carbons (Fsp3) is 0.333. The first-order valence-electron chi connectivity index (χ1n) is 10.6. The maximum atomic E-state index is 12.2. The van der Waals surface area contributed by atoms with Crippen LogP contribution in [0.1, 0.15) is 72.3 Å². The number of hydrogen-bond acceptors (Lipinski definition) is 4. The summed E-state index contributed by atoms with van der Waals surface area (Å²) in [6, 6.07) is 11.1. The molecular formula is C27H28O4. The Morgan fingerprint density at radius 3 is 2.32 bits per heavy atom. The number of esters is 2. The van der Waals surface area contributed by atoms with E-state index in [0.717, 1.165) is 28.7 Å². The fourth-order valence-electron chi connectivity index (χ4n) is 3.89. The zero-order chi connectivity index (χ0) is 22.4. The van der Waals surface area contributed by atoms with Gasteiger partial charge in [0.2, 0.25) is 0 Å². The van der Waals surface area contributed by atoms with Gasteiger partial charge in [-0.15, -0.1) is 0 Å². The van der Waals surface area contributed by atoms with Crippen molar-refractivity contribution >= 4 is 18.0 Å². The zero-order valence-corrected chi connectivity index (χ0v) is 18.6. The molecule has 0 spiro atoms. The molecule has 1 aliphatic carbocycles. The molecule has 160 valence electrons. The van der Waals surface area contributed by atoms with E-state index in [9.17, 15) is 9.59 Å². The summed E-state index contributed by atoms with van der Waals surface area (Å²) in [5.41, 5.74) is 5.34. The number of ether oxygens (including phenoxy) is 2. The highest BCUT2D eigenvalue weighted by atomic mass is 16.5. The monoisotopic (exact) mass is 416 g/mol. The lowest BCUT2D eigenvalue weighted by Crippen LogP contribution is -2.24. The number of allylic oxidation sites excluding steroid dienone is 1. The van der Waals surface area contributed by atoms with Gasteiger partial charge in [-0.2, -0.15) is 0 Å². The Bertz CT molecular complexity index is 1060. The predicted molar refractivity (Wildman–Crippen MR) is 122 cm³/mol. The van der Waals surface area contributed by atoms with Crippen LogP contribution in [0.3, 0.4) is 0 Å². The van der Waals surface area contributed by atoms with Crippen molar-refractivity contribution in [2.45, 2.75) is 46.0 Å². The normalized spacial score (nSPS) is 13.5. The first kappa shape index (κ1) is 22.4. The van der Waals surface area contributed by atoms with Crippen molar-refractivity contribution in [3.63, 3.8) is 0 Å². The van der Waals surface area contributed by atoms with Crippen LogP contribution in [0.5, 0.6) is 0 Å². The summed E-state index contributed by atoms with van der Waals surface area (Å²) in [4.78, 5) is 24.0. The molecule has 0 amide bonds. The molecule has 3 rings (SSSR count). The SMILES string of the molecule is CCOC(=O)Cc1cc(C#Cc2ccc(C(=O)OCC)cc2)cc2c1C(C)(C)CC=C2. The van der Waals surface area contributed by atoms with Gasteiger partial charge in [-0.3, -0.25) is 4.79 Å². The Morgan fingerprint density at radius 1 is 0.968 bits per heavy atom. The molecule has 0 saturated heterocycles. The van der Waals surface area contributed by atoms with E-state index < -0.39 is 0 Å². The molecule has 31 heavy (non-hydrogen) atoms.